The van der Waals surface area contributed by atoms with Gasteiger partial charge in [-0.25, -0.2) is 0 Å². The molecule has 0 amide bonds. The summed E-state index contributed by atoms with van der Waals surface area (Å²) in [5.74, 6) is 0. The van der Waals surface area contributed by atoms with Crippen molar-refractivity contribution in [3.8, 4) is 0 Å². The van der Waals surface area contributed by atoms with Gasteiger partial charge < -0.3 is 5.32 Å². The molecule has 0 bridgehead atoms. The summed E-state index contributed by atoms with van der Waals surface area (Å²) in [4.78, 5) is 1.45. The van der Waals surface area contributed by atoms with E-state index in [2.05, 4.69) is 34.0 Å². The number of nitrogens with zero attached hydrogens (tertiary/aromatic N) is 2. The molecule has 1 N–H and O–H groups in total. The molecular formula is C12H17N3S. The van der Waals surface area contributed by atoms with Crippen LogP contribution in [0.15, 0.2) is 29.8 Å². The van der Waals surface area contributed by atoms with Crippen LogP contribution in [0.2, 0.25) is 0 Å². The van der Waals surface area contributed by atoms with E-state index >= 15 is 0 Å². The van der Waals surface area contributed by atoms with Gasteiger partial charge in [0.15, 0.2) is 0 Å². The number of thiophene rings is 1. The highest BCUT2D eigenvalue weighted by molar-refractivity contribution is 7.09. The van der Waals surface area contributed by atoms with Gasteiger partial charge in [-0.3, -0.25) is 4.68 Å². The Hall–Kier alpha value is -1.13. The average Bonchev–Trinajstić information content (AvgIpc) is 2.92. The van der Waals surface area contributed by atoms with Gasteiger partial charge in [0.1, 0.15) is 0 Å². The third-order valence-corrected chi connectivity index (χ3v) is 3.76. The molecule has 1 unspecified atom stereocenters. The van der Waals surface area contributed by atoms with Crippen LogP contribution in [-0.4, -0.2) is 16.8 Å². The zero-order chi connectivity index (χ0) is 11.4. The third kappa shape index (κ3) is 2.51. The van der Waals surface area contributed by atoms with Crippen LogP contribution in [0.25, 0.3) is 0 Å². The molecule has 0 fully saturated rings. The molecule has 0 aliphatic heterocycles. The molecule has 1 atom stereocenters. The molecule has 3 nitrogen and oxygen atoms in total. The lowest BCUT2D eigenvalue weighted by Gasteiger charge is -2.15. The van der Waals surface area contributed by atoms with E-state index in [1.54, 1.807) is 0 Å². The van der Waals surface area contributed by atoms with Crippen molar-refractivity contribution in [1.29, 1.82) is 0 Å². The van der Waals surface area contributed by atoms with Crippen LogP contribution in [-0.2, 0) is 13.5 Å². The summed E-state index contributed by atoms with van der Waals surface area (Å²) in [6.07, 6.45) is 4.08. The summed E-state index contributed by atoms with van der Waals surface area (Å²) in [7, 11) is 4.00. The van der Waals surface area contributed by atoms with Crippen molar-refractivity contribution in [3.05, 3.63) is 40.3 Å². The largest absolute Gasteiger partial charge is 0.312 e. The first kappa shape index (κ1) is 11.4. The van der Waals surface area contributed by atoms with Crippen molar-refractivity contribution >= 4 is 11.3 Å². The second-order valence-corrected chi connectivity index (χ2v) is 4.87. The van der Waals surface area contributed by atoms with E-state index in [0.29, 0.717) is 6.04 Å². The fourth-order valence-electron chi connectivity index (χ4n) is 1.91. The van der Waals surface area contributed by atoms with E-state index in [4.69, 9.17) is 0 Å². The van der Waals surface area contributed by atoms with E-state index in [0.717, 1.165) is 12.8 Å². The Morgan fingerprint density at radius 2 is 2.38 bits per heavy atom. The molecule has 0 aliphatic carbocycles. The van der Waals surface area contributed by atoms with Gasteiger partial charge in [0.2, 0.25) is 0 Å². The minimum atomic E-state index is 0.384. The number of aryl methyl sites for hydroxylation is 2. The van der Waals surface area contributed by atoms with Gasteiger partial charge >= 0.3 is 0 Å². The summed E-state index contributed by atoms with van der Waals surface area (Å²) in [5.41, 5.74) is 1.25. The second kappa shape index (κ2) is 5.27. The van der Waals surface area contributed by atoms with Crippen LogP contribution in [0.5, 0.6) is 0 Å². The summed E-state index contributed by atoms with van der Waals surface area (Å²) < 4.78 is 1.94. The smallest absolute Gasteiger partial charge is 0.0550 e. The Morgan fingerprint density at radius 1 is 1.50 bits per heavy atom. The Bertz CT molecular complexity index is 419. The molecule has 0 saturated carbocycles. The molecule has 2 aromatic rings. The topological polar surface area (TPSA) is 29.9 Å². The second-order valence-electron chi connectivity index (χ2n) is 3.84. The lowest BCUT2D eigenvalue weighted by Crippen LogP contribution is -2.20. The predicted octanol–water partition coefficient (Wildman–Crippen LogP) is 2.37. The minimum Gasteiger partial charge on any atom is -0.312 e. The van der Waals surface area contributed by atoms with E-state index in [1.165, 1.54) is 10.6 Å². The van der Waals surface area contributed by atoms with Crippen LogP contribution in [0.4, 0.5) is 0 Å². The minimum absolute atomic E-state index is 0.384. The standard InChI is InChI=1S/C12H17N3S/c1-13-11(12-7-8-14-15(12)2)6-5-10-4-3-9-16-10/h3-4,7-9,11,13H,5-6H2,1-2H3. The van der Waals surface area contributed by atoms with Gasteiger partial charge in [-0.15, -0.1) is 11.3 Å². The monoisotopic (exact) mass is 235 g/mol. The highest BCUT2D eigenvalue weighted by Gasteiger charge is 2.12. The molecule has 0 saturated heterocycles. The first-order valence-electron chi connectivity index (χ1n) is 5.49. The van der Waals surface area contributed by atoms with Crippen LogP contribution in [0.3, 0.4) is 0 Å². The highest BCUT2D eigenvalue weighted by Crippen LogP contribution is 2.20. The molecule has 2 heterocycles. The van der Waals surface area contributed by atoms with E-state index in [9.17, 15) is 0 Å². The SMILES string of the molecule is CNC(CCc1cccs1)c1ccnn1C. The number of hydrogen-bond acceptors (Lipinski definition) is 3. The van der Waals surface area contributed by atoms with Gasteiger partial charge in [0.25, 0.3) is 0 Å². The zero-order valence-corrected chi connectivity index (χ0v) is 10.5. The van der Waals surface area contributed by atoms with Crippen molar-refractivity contribution < 1.29 is 0 Å². The highest BCUT2D eigenvalue weighted by atomic mass is 32.1. The molecule has 16 heavy (non-hydrogen) atoms. The maximum atomic E-state index is 4.21. The molecule has 2 rings (SSSR count). The van der Waals surface area contributed by atoms with Crippen molar-refractivity contribution in [2.24, 2.45) is 7.05 Å². The maximum absolute atomic E-state index is 4.21. The fourth-order valence-corrected chi connectivity index (χ4v) is 2.63. The summed E-state index contributed by atoms with van der Waals surface area (Å²) in [5, 5.41) is 9.69. The molecule has 0 spiro atoms. The van der Waals surface area contributed by atoms with Gasteiger partial charge in [-0.2, -0.15) is 5.10 Å². The van der Waals surface area contributed by atoms with Crippen molar-refractivity contribution in [2.45, 2.75) is 18.9 Å². The Balaban J connectivity index is 1.99. The molecule has 0 aromatic carbocycles. The first-order valence-corrected chi connectivity index (χ1v) is 6.37. The quantitative estimate of drug-likeness (QED) is 0.862. The van der Waals surface area contributed by atoms with Gasteiger partial charge in [-0.1, -0.05) is 6.07 Å². The van der Waals surface area contributed by atoms with Crippen LogP contribution in [0, 0.1) is 0 Å². The van der Waals surface area contributed by atoms with Crippen LogP contribution in [0.1, 0.15) is 23.0 Å². The number of hydrogen-bond donors (Lipinski definition) is 1. The molecular weight excluding hydrogens is 218 g/mol. The zero-order valence-electron chi connectivity index (χ0n) is 9.68. The lowest BCUT2D eigenvalue weighted by atomic mass is 10.1. The van der Waals surface area contributed by atoms with Gasteiger partial charge in [-0.05, 0) is 37.4 Å². The van der Waals surface area contributed by atoms with Crippen LogP contribution < -0.4 is 5.32 Å². The summed E-state index contributed by atoms with van der Waals surface area (Å²) in [6, 6.07) is 6.77. The Labute approximate surface area is 100 Å². The van der Waals surface area contributed by atoms with Crippen LogP contribution >= 0.6 is 11.3 Å². The number of rotatable bonds is 5. The molecule has 0 radical (unpaired) electrons. The maximum Gasteiger partial charge on any atom is 0.0550 e. The molecule has 4 heteroatoms. The van der Waals surface area contributed by atoms with Crippen molar-refractivity contribution in [1.82, 2.24) is 15.1 Å². The van der Waals surface area contributed by atoms with E-state index in [1.807, 2.05) is 36.3 Å². The normalized spacial score (nSPS) is 12.9. The molecule has 2 aromatic heterocycles. The van der Waals surface area contributed by atoms with Crippen molar-refractivity contribution in [3.63, 3.8) is 0 Å². The van der Waals surface area contributed by atoms with Gasteiger partial charge in [0.05, 0.1) is 5.69 Å². The lowest BCUT2D eigenvalue weighted by molar-refractivity contribution is 0.508. The van der Waals surface area contributed by atoms with Crippen molar-refractivity contribution in [2.75, 3.05) is 7.05 Å². The number of aromatic nitrogens is 2. The van der Waals surface area contributed by atoms with Gasteiger partial charge in [0, 0.05) is 24.2 Å². The van der Waals surface area contributed by atoms with E-state index < -0.39 is 0 Å². The van der Waals surface area contributed by atoms with E-state index in [-0.39, 0.29) is 0 Å². The Kier molecular flexibility index (Phi) is 3.74. The average molecular weight is 235 g/mol. The summed E-state index contributed by atoms with van der Waals surface area (Å²) >= 11 is 1.83. The molecule has 0 aliphatic rings. The number of nitrogens with one attached hydrogen (secondary N) is 1. The summed E-state index contributed by atoms with van der Waals surface area (Å²) in [6.45, 7) is 0. The third-order valence-electron chi connectivity index (χ3n) is 2.82. The predicted molar refractivity (Wildman–Crippen MR) is 67.6 cm³/mol. The fraction of sp³-hybridized carbons (Fsp3) is 0.417. The Morgan fingerprint density at radius 3 is 2.94 bits per heavy atom. The first-order chi connectivity index (χ1) is 7.81. The molecule has 86 valence electrons.